The van der Waals surface area contributed by atoms with E-state index in [0.717, 1.165) is 23.1 Å². The van der Waals surface area contributed by atoms with Crippen molar-refractivity contribution in [3.05, 3.63) is 96.7 Å². The Bertz CT molecular complexity index is 995. The number of aromatic nitrogens is 1. The first-order valence-electron chi connectivity index (χ1n) is 8.76. The van der Waals surface area contributed by atoms with Crippen LogP contribution in [0.3, 0.4) is 0 Å². The topological polar surface area (TPSA) is 28.2 Å². The summed E-state index contributed by atoms with van der Waals surface area (Å²) in [7, 11) is 2.09. The van der Waals surface area contributed by atoms with E-state index in [1.165, 1.54) is 16.9 Å². The molecule has 3 aromatic carbocycles. The summed E-state index contributed by atoms with van der Waals surface area (Å²) in [5.74, 6) is 0. The van der Waals surface area contributed by atoms with E-state index in [2.05, 4.69) is 95.0 Å². The second-order valence-corrected chi connectivity index (χ2v) is 6.33. The van der Waals surface area contributed by atoms with Gasteiger partial charge in [0.05, 0.1) is 5.52 Å². The maximum atomic E-state index is 4.41. The van der Waals surface area contributed by atoms with Gasteiger partial charge in [0.15, 0.2) is 0 Å². The van der Waals surface area contributed by atoms with Crippen molar-refractivity contribution in [3.63, 3.8) is 0 Å². The molecule has 0 unspecified atom stereocenters. The quantitative estimate of drug-likeness (QED) is 0.512. The molecule has 1 aromatic heterocycles. The molecule has 0 radical (unpaired) electrons. The van der Waals surface area contributed by atoms with Crippen molar-refractivity contribution < 1.29 is 0 Å². The van der Waals surface area contributed by atoms with Crippen LogP contribution < -0.4 is 10.2 Å². The van der Waals surface area contributed by atoms with Gasteiger partial charge in [-0.3, -0.25) is 4.98 Å². The number of para-hydroxylation sites is 1. The van der Waals surface area contributed by atoms with Crippen molar-refractivity contribution >= 4 is 28.0 Å². The summed E-state index contributed by atoms with van der Waals surface area (Å²) in [5, 5.41) is 4.64. The van der Waals surface area contributed by atoms with Gasteiger partial charge in [-0.25, -0.2) is 0 Å². The molecule has 3 nitrogen and oxygen atoms in total. The number of benzene rings is 3. The van der Waals surface area contributed by atoms with Crippen LogP contribution >= 0.6 is 0 Å². The van der Waals surface area contributed by atoms with Gasteiger partial charge < -0.3 is 10.2 Å². The Morgan fingerprint density at radius 1 is 0.808 bits per heavy atom. The van der Waals surface area contributed by atoms with Crippen LogP contribution in [0.2, 0.25) is 0 Å². The Hall–Kier alpha value is -3.33. The van der Waals surface area contributed by atoms with Crippen LogP contribution in [0.15, 0.2) is 91.1 Å². The number of rotatable bonds is 5. The molecular weight excluding hydrogens is 318 g/mol. The minimum absolute atomic E-state index is 0.785. The van der Waals surface area contributed by atoms with Crippen molar-refractivity contribution in [1.29, 1.82) is 0 Å². The van der Waals surface area contributed by atoms with Gasteiger partial charge in [0, 0.05) is 42.2 Å². The van der Waals surface area contributed by atoms with Crippen LogP contribution in [0.1, 0.15) is 5.56 Å². The third-order valence-corrected chi connectivity index (χ3v) is 4.57. The first-order valence-corrected chi connectivity index (χ1v) is 8.76. The molecule has 0 amide bonds. The van der Waals surface area contributed by atoms with Gasteiger partial charge in [0.1, 0.15) is 0 Å². The van der Waals surface area contributed by atoms with E-state index in [4.69, 9.17) is 0 Å². The third kappa shape index (κ3) is 3.52. The van der Waals surface area contributed by atoms with E-state index in [1.54, 1.807) is 0 Å². The van der Waals surface area contributed by atoms with Gasteiger partial charge >= 0.3 is 0 Å². The van der Waals surface area contributed by atoms with Gasteiger partial charge in [-0.15, -0.1) is 0 Å². The number of pyridine rings is 1. The molecule has 0 bridgehead atoms. The minimum Gasteiger partial charge on any atom is -0.381 e. The average molecular weight is 339 g/mol. The predicted molar refractivity (Wildman–Crippen MR) is 110 cm³/mol. The molecule has 0 spiro atoms. The first kappa shape index (κ1) is 16.2. The van der Waals surface area contributed by atoms with Crippen LogP contribution in [0, 0.1) is 0 Å². The molecule has 0 saturated carbocycles. The van der Waals surface area contributed by atoms with Crippen LogP contribution in [-0.4, -0.2) is 12.0 Å². The van der Waals surface area contributed by atoms with E-state index in [1.807, 2.05) is 18.3 Å². The molecule has 0 aliphatic carbocycles. The Balaban J connectivity index is 1.43. The molecule has 3 heteroatoms. The lowest BCUT2D eigenvalue weighted by Gasteiger charge is -2.19. The molecule has 0 aliphatic rings. The van der Waals surface area contributed by atoms with Gasteiger partial charge in [-0.1, -0.05) is 42.5 Å². The van der Waals surface area contributed by atoms with Crippen molar-refractivity contribution in [2.24, 2.45) is 0 Å². The van der Waals surface area contributed by atoms with Gasteiger partial charge in [0.25, 0.3) is 0 Å². The number of fused-ring (bicyclic) bond motifs is 1. The maximum absolute atomic E-state index is 4.41. The second-order valence-electron chi connectivity index (χ2n) is 6.33. The molecule has 4 rings (SSSR count). The SMILES string of the molecule is CN(c1ccccc1)c1ccc(CNc2ccc3cccnc3c2)cc1. The fourth-order valence-corrected chi connectivity index (χ4v) is 3.02. The van der Waals surface area contributed by atoms with E-state index in [-0.39, 0.29) is 0 Å². The minimum atomic E-state index is 0.785. The molecule has 0 fully saturated rings. The molecule has 128 valence electrons. The maximum Gasteiger partial charge on any atom is 0.0722 e. The molecule has 1 heterocycles. The highest BCUT2D eigenvalue weighted by molar-refractivity contribution is 5.81. The normalized spacial score (nSPS) is 10.7. The number of anilines is 3. The Morgan fingerprint density at radius 3 is 2.38 bits per heavy atom. The van der Waals surface area contributed by atoms with Crippen molar-refractivity contribution in [2.45, 2.75) is 6.54 Å². The second kappa shape index (κ2) is 7.28. The summed E-state index contributed by atoms with van der Waals surface area (Å²) in [6.45, 7) is 0.785. The lowest BCUT2D eigenvalue weighted by molar-refractivity contribution is 1.14. The number of hydrogen-bond acceptors (Lipinski definition) is 3. The average Bonchev–Trinajstić information content (AvgIpc) is 2.72. The highest BCUT2D eigenvalue weighted by Gasteiger charge is 2.03. The molecule has 0 saturated heterocycles. The predicted octanol–water partition coefficient (Wildman–Crippen LogP) is 5.61. The molecule has 0 atom stereocenters. The fraction of sp³-hybridized carbons (Fsp3) is 0.0870. The number of nitrogens with zero attached hydrogens (tertiary/aromatic N) is 2. The summed E-state index contributed by atoms with van der Waals surface area (Å²) in [6, 6.07) is 29.4. The van der Waals surface area contributed by atoms with E-state index >= 15 is 0 Å². The number of nitrogens with one attached hydrogen (secondary N) is 1. The Morgan fingerprint density at radius 2 is 1.58 bits per heavy atom. The zero-order chi connectivity index (χ0) is 17.8. The van der Waals surface area contributed by atoms with Crippen LogP contribution in [0.25, 0.3) is 10.9 Å². The van der Waals surface area contributed by atoms with E-state index < -0.39 is 0 Å². The molecule has 26 heavy (non-hydrogen) atoms. The van der Waals surface area contributed by atoms with Crippen LogP contribution in [0.4, 0.5) is 17.1 Å². The van der Waals surface area contributed by atoms with Crippen molar-refractivity contribution in [2.75, 3.05) is 17.3 Å². The standard InChI is InChI=1S/C23H21N3/c1-26(21-7-3-2-4-8-21)22-13-9-18(10-14-22)17-25-20-12-11-19-6-5-15-24-23(19)16-20/h2-16,25H,17H2,1H3. The summed E-state index contributed by atoms with van der Waals surface area (Å²) in [4.78, 5) is 6.60. The number of hydrogen-bond donors (Lipinski definition) is 1. The Labute approximate surface area is 153 Å². The monoisotopic (exact) mass is 339 g/mol. The van der Waals surface area contributed by atoms with E-state index in [9.17, 15) is 0 Å². The first-order chi connectivity index (χ1) is 12.8. The van der Waals surface area contributed by atoms with Gasteiger partial charge in [-0.05, 0) is 48.0 Å². The smallest absolute Gasteiger partial charge is 0.0722 e. The van der Waals surface area contributed by atoms with E-state index in [0.29, 0.717) is 0 Å². The zero-order valence-electron chi connectivity index (χ0n) is 14.8. The molecular formula is C23H21N3. The molecule has 1 N–H and O–H groups in total. The Kier molecular flexibility index (Phi) is 4.52. The third-order valence-electron chi connectivity index (χ3n) is 4.57. The van der Waals surface area contributed by atoms with Crippen molar-refractivity contribution in [1.82, 2.24) is 4.98 Å². The summed E-state index contributed by atoms with van der Waals surface area (Å²) >= 11 is 0. The van der Waals surface area contributed by atoms with Crippen molar-refractivity contribution in [3.8, 4) is 0 Å². The van der Waals surface area contributed by atoms with Crippen LogP contribution in [-0.2, 0) is 6.54 Å². The lowest BCUT2D eigenvalue weighted by atomic mass is 10.1. The summed E-state index contributed by atoms with van der Waals surface area (Å²) in [5.41, 5.74) is 5.70. The largest absolute Gasteiger partial charge is 0.381 e. The molecule has 0 aliphatic heterocycles. The zero-order valence-corrected chi connectivity index (χ0v) is 14.8. The molecule has 4 aromatic rings. The lowest BCUT2D eigenvalue weighted by Crippen LogP contribution is -2.09. The van der Waals surface area contributed by atoms with Gasteiger partial charge in [-0.2, -0.15) is 0 Å². The summed E-state index contributed by atoms with van der Waals surface area (Å²) < 4.78 is 0. The fourth-order valence-electron chi connectivity index (χ4n) is 3.02. The summed E-state index contributed by atoms with van der Waals surface area (Å²) in [6.07, 6.45) is 1.83. The highest BCUT2D eigenvalue weighted by atomic mass is 15.1. The van der Waals surface area contributed by atoms with Crippen LogP contribution in [0.5, 0.6) is 0 Å². The highest BCUT2D eigenvalue weighted by Crippen LogP contribution is 2.24. The van der Waals surface area contributed by atoms with Gasteiger partial charge in [0.2, 0.25) is 0 Å².